The van der Waals surface area contributed by atoms with E-state index < -0.39 is 11.7 Å². The SMILES string of the molecule is CNC(=O)CCCCC[C@H](NC(=O)c1ccc(-n2cc(O)[nH]c2=O)cc1)c1ncc(-c2ccc(-n3cccn3)cc2)[nH]1. The highest BCUT2D eigenvalue weighted by Gasteiger charge is 2.20. The average Bonchev–Trinajstić information content (AvgIpc) is 3.78. The second kappa shape index (κ2) is 12.9. The summed E-state index contributed by atoms with van der Waals surface area (Å²) in [6.45, 7) is 0. The molecule has 5 N–H and O–H groups in total. The van der Waals surface area contributed by atoms with Crippen LogP contribution in [0.2, 0.25) is 0 Å². The fourth-order valence-corrected chi connectivity index (χ4v) is 4.68. The van der Waals surface area contributed by atoms with E-state index in [1.54, 1.807) is 48.4 Å². The number of hydrogen-bond acceptors (Lipinski definition) is 6. The van der Waals surface area contributed by atoms with Gasteiger partial charge in [0.25, 0.3) is 5.91 Å². The van der Waals surface area contributed by atoms with E-state index >= 15 is 0 Å². The van der Waals surface area contributed by atoms with Gasteiger partial charge in [-0.2, -0.15) is 5.10 Å². The van der Waals surface area contributed by atoms with Gasteiger partial charge in [-0.15, -0.1) is 0 Å². The molecule has 0 fully saturated rings. The van der Waals surface area contributed by atoms with Gasteiger partial charge >= 0.3 is 5.69 Å². The van der Waals surface area contributed by atoms with E-state index in [1.165, 1.54) is 10.8 Å². The molecule has 0 saturated carbocycles. The smallest absolute Gasteiger partial charge is 0.332 e. The standard InChI is InChI=1S/C30H32N8O4/c1-31-26(39)7-4-2-3-6-24(35-29(41)21-10-12-22(13-11-21)37-19-27(40)36-30(37)42)28-32-18-25(34-28)20-8-14-23(15-9-20)38-17-5-16-33-38/h5,8-19,24,40H,2-4,6-7H2,1H3,(H,31,39)(H,32,34)(H,35,41)(H,36,42)/t24-/m0/s1. The molecule has 1 atom stereocenters. The summed E-state index contributed by atoms with van der Waals surface area (Å²) in [4.78, 5) is 47.1. The Bertz CT molecular complexity index is 1680. The molecule has 5 rings (SSSR count). The topological polar surface area (TPSA) is 163 Å². The third kappa shape index (κ3) is 6.66. The van der Waals surface area contributed by atoms with Crippen LogP contribution in [0.25, 0.3) is 22.6 Å². The second-order valence-electron chi connectivity index (χ2n) is 9.84. The molecule has 2 aromatic carbocycles. The van der Waals surface area contributed by atoms with Crippen LogP contribution in [0, 0.1) is 0 Å². The predicted molar refractivity (Wildman–Crippen MR) is 157 cm³/mol. The minimum atomic E-state index is -0.481. The van der Waals surface area contributed by atoms with Gasteiger partial charge in [0.15, 0.2) is 0 Å². The number of unbranched alkanes of at least 4 members (excludes halogenated alkanes) is 2. The molecular weight excluding hydrogens is 536 g/mol. The first kappa shape index (κ1) is 28.1. The van der Waals surface area contributed by atoms with Gasteiger partial charge in [0.2, 0.25) is 11.8 Å². The summed E-state index contributed by atoms with van der Waals surface area (Å²) in [5.41, 5.74) is 3.15. The number of hydrogen-bond donors (Lipinski definition) is 5. The van der Waals surface area contributed by atoms with Gasteiger partial charge in [0, 0.05) is 31.4 Å². The molecule has 0 bridgehead atoms. The van der Waals surface area contributed by atoms with Crippen molar-refractivity contribution in [2.24, 2.45) is 0 Å². The van der Waals surface area contributed by atoms with E-state index in [2.05, 4.69) is 30.7 Å². The molecule has 5 aromatic rings. The van der Waals surface area contributed by atoms with Gasteiger partial charge in [-0.1, -0.05) is 25.0 Å². The Balaban J connectivity index is 1.30. The van der Waals surface area contributed by atoms with Crippen molar-refractivity contribution in [2.75, 3.05) is 7.05 Å². The lowest BCUT2D eigenvalue weighted by molar-refractivity contribution is -0.120. The largest absolute Gasteiger partial charge is 0.493 e. The molecule has 0 aliphatic carbocycles. The summed E-state index contributed by atoms with van der Waals surface area (Å²) in [7, 11) is 1.63. The lowest BCUT2D eigenvalue weighted by Crippen LogP contribution is -2.29. The van der Waals surface area contributed by atoms with Gasteiger partial charge in [-0.05, 0) is 60.9 Å². The van der Waals surface area contributed by atoms with Crippen molar-refractivity contribution in [2.45, 2.75) is 38.1 Å². The number of carbonyl (C=O) groups excluding carboxylic acids is 2. The Kier molecular flexibility index (Phi) is 8.61. The molecule has 0 radical (unpaired) electrons. The zero-order chi connectivity index (χ0) is 29.5. The van der Waals surface area contributed by atoms with Gasteiger partial charge in [0.1, 0.15) is 5.82 Å². The maximum atomic E-state index is 13.3. The summed E-state index contributed by atoms with van der Waals surface area (Å²) < 4.78 is 3.04. The van der Waals surface area contributed by atoms with Gasteiger partial charge < -0.3 is 20.7 Å². The number of aromatic nitrogens is 6. The highest BCUT2D eigenvalue weighted by Crippen LogP contribution is 2.24. The molecule has 2 amide bonds. The number of amides is 2. The third-order valence-electron chi connectivity index (χ3n) is 6.97. The quantitative estimate of drug-likeness (QED) is 0.144. The summed E-state index contributed by atoms with van der Waals surface area (Å²) in [5.74, 6) is 0.107. The van der Waals surface area contributed by atoms with Crippen LogP contribution in [0.15, 0.2) is 84.2 Å². The third-order valence-corrected chi connectivity index (χ3v) is 6.97. The maximum Gasteiger partial charge on any atom is 0.332 e. The highest BCUT2D eigenvalue weighted by atomic mass is 16.3. The summed E-state index contributed by atoms with van der Waals surface area (Å²) in [6, 6.07) is 15.9. The average molecular weight is 569 g/mol. The lowest BCUT2D eigenvalue weighted by Gasteiger charge is -2.17. The molecule has 3 aromatic heterocycles. The first-order valence-corrected chi connectivity index (χ1v) is 13.7. The molecule has 216 valence electrons. The van der Waals surface area contributed by atoms with Crippen LogP contribution in [0.4, 0.5) is 0 Å². The van der Waals surface area contributed by atoms with Crippen molar-refractivity contribution in [1.29, 1.82) is 0 Å². The highest BCUT2D eigenvalue weighted by molar-refractivity contribution is 5.94. The van der Waals surface area contributed by atoms with Crippen LogP contribution in [-0.2, 0) is 4.79 Å². The van der Waals surface area contributed by atoms with E-state index in [-0.39, 0.29) is 17.7 Å². The van der Waals surface area contributed by atoms with Crippen molar-refractivity contribution in [3.63, 3.8) is 0 Å². The van der Waals surface area contributed by atoms with Crippen molar-refractivity contribution < 1.29 is 14.7 Å². The van der Waals surface area contributed by atoms with E-state index in [0.29, 0.717) is 29.9 Å². The molecule has 0 aliphatic heterocycles. The monoisotopic (exact) mass is 568 g/mol. The number of nitrogens with one attached hydrogen (secondary N) is 4. The molecule has 0 saturated heterocycles. The maximum absolute atomic E-state index is 13.3. The second-order valence-corrected chi connectivity index (χ2v) is 9.84. The number of H-pyrrole nitrogens is 2. The zero-order valence-corrected chi connectivity index (χ0v) is 23.1. The summed E-state index contributed by atoms with van der Waals surface area (Å²) in [6.07, 6.45) is 10.1. The zero-order valence-electron chi connectivity index (χ0n) is 23.1. The molecule has 0 unspecified atom stereocenters. The van der Waals surface area contributed by atoms with Crippen molar-refractivity contribution >= 4 is 11.8 Å². The fraction of sp³-hybridized carbons (Fsp3) is 0.233. The number of imidazole rings is 2. The van der Waals surface area contributed by atoms with Crippen molar-refractivity contribution in [3.05, 3.63) is 101 Å². The van der Waals surface area contributed by atoms with Crippen LogP contribution >= 0.6 is 0 Å². The minimum Gasteiger partial charge on any atom is -0.493 e. The normalized spacial score (nSPS) is 11.7. The number of carbonyl (C=O) groups is 2. The minimum absolute atomic E-state index is 0.00895. The lowest BCUT2D eigenvalue weighted by atomic mass is 10.1. The first-order chi connectivity index (χ1) is 20.4. The predicted octanol–water partition coefficient (Wildman–Crippen LogP) is 3.61. The molecule has 42 heavy (non-hydrogen) atoms. The fourth-order valence-electron chi connectivity index (χ4n) is 4.68. The number of rotatable bonds is 12. The Morgan fingerprint density at radius 3 is 2.43 bits per heavy atom. The van der Waals surface area contributed by atoms with E-state index in [4.69, 9.17) is 0 Å². The molecule has 0 spiro atoms. The molecule has 12 nitrogen and oxygen atoms in total. The number of aromatic amines is 2. The van der Waals surface area contributed by atoms with Gasteiger partial charge in [-0.25, -0.2) is 14.5 Å². The number of benzene rings is 2. The van der Waals surface area contributed by atoms with Crippen molar-refractivity contribution in [1.82, 2.24) is 39.9 Å². The van der Waals surface area contributed by atoms with Crippen LogP contribution < -0.4 is 16.3 Å². The Hall–Kier alpha value is -5.39. The number of nitrogens with zero attached hydrogens (tertiary/aromatic N) is 4. The molecule has 0 aliphatic rings. The van der Waals surface area contributed by atoms with Crippen LogP contribution in [0.3, 0.4) is 0 Å². The molecule has 3 heterocycles. The molecular formula is C30H32N8O4. The Morgan fingerprint density at radius 2 is 1.76 bits per heavy atom. The van der Waals surface area contributed by atoms with E-state index in [9.17, 15) is 19.5 Å². The molecule has 12 heteroatoms. The summed E-state index contributed by atoms with van der Waals surface area (Å²) in [5, 5.41) is 19.5. The van der Waals surface area contributed by atoms with Crippen LogP contribution in [0.1, 0.15) is 54.3 Å². The Labute approximate surface area is 241 Å². The van der Waals surface area contributed by atoms with Crippen LogP contribution in [0.5, 0.6) is 5.88 Å². The van der Waals surface area contributed by atoms with E-state index in [1.807, 2.05) is 36.5 Å². The number of aromatic hydroxyl groups is 1. The van der Waals surface area contributed by atoms with Crippen molar-refractivity contribution in [3.8, 4) is 28.5 Å². The van der Waals surface area contributed by atoms with Crippen LogP contribution in [-0.4, -0.2) is 53.3 Å². The first-order valence-electron chi connectivity index (χ1n) is 13.7. The van der Waals surface area contributed by atoms with Gasteiger partial charge in [0.05, 0.1) is 35.5 Å². The van der Waals surface area contributed by atoms with E-state index in [0.717, 1.165) is 36.2 Å². The Morgan fingerprint density at radius 1 is 1.00 bits per heavy atom. The summed E-state index contributed by atoms with van der Waals surface area (Å²) >= 11 is 0. The van der Waals surface area contributed by atoms with Gasteiger partial charge in [-0.3, -0.25) is 19.1 Å².